The molecule has 1 saturated heterocycles. The van der Waals surface area contributed by atoms with Crippen molar-refractivity contribution in [2.75, 3.05) is 19.8 Å². The number of likely N-dealkylation sites (tertiary alicyclic amines) is 1. The van der Waals surface area contributed by atoms with Crippen LogP contribution in [0.1, 0.15) is 62.1 Å². The minimum absolute atomic E-state index is 0.000462. The van der Waals surface area contributed by atoms with Crippen LogP contribution >= 0.6 is 8.58 Å². The Labute approximate surface area is 203 Å². The number of rotatable bonds is 6. The Kier molecular flexibility index (Phi) is 8.79. The van der Waals surface area contributed by atoms with Gasteiger partial charge in [-0.05, 0) is 49.8 Å². The molecule has 35 heavy (non-hydrogen) atoms. The van der Waals surface area contributed by atoms with E-state index in [9.17, 15) is 31.1 Å². The molecule has 1 amide bonds. The van der Waals surface area contributed by atoms with E-state index < -0.39 is 23.5 Å². The number of alkyl halides is 6. The second-order valence-corrected chi connectivity index (χ2v) is 10.3. The SMILES string of the molecule is C=C(NC1CCCCC1NC1CCN(C(C)=O)CC1)c1c(PC)cc(C(F)(F)F)cc1C(F)(F)F. The van der Waals surface area contributed by atoms with E-state index in [1.807, 2.05) is 0 Å². The molecule has 0 radical (unpaired) electrons. The van der Waals surface area contributed by atoms with Gasteiger partial charge in [0.2, 0.25) is 5.91 Å². The van der Waals surface area contributed by atoms with E-state index in [0.717, 1.165) is 38.2 Å². The maximum atomic E-state index is 13.9. The average molecular weight is 524 g/mol. The van der Waals surface area contributed by atoms with E-state index in [1.54, 1.807) is 18.5 Å². The summed E-state index contributed by atoms with van der Waals surface area (Å²) >= 11 is 0. The highest BCUT2D eigenvalue weighted by atomic mass is 31.1. The number of hydrogen-bond donors (Lipinski definition) is 2. The lowest BCUT2D eigenvalue weighted by Gasteiger charge is -2.39. The lowest BCUT2D eigenvalue weighted by atomic mass is 9.88. The average Bonchev–Trinajstić information content (AvgIpc) is 2.78. The van der Waals surface area contributed by atoms with Gasteiger partial charge in [0.25, 0.3) is 0 Å². The summed E-state index contributed by atoms with van der Waals surface area (Å²) in [4.78, 5) is 13.4. The number of amides is 1. The number of halogens is 6. The predicted octanol–water partition coefficient (Wildman–Crippen LogP) is 5.13. The van der Waals surface area contributed by atoms with Crippen LogP contribution in [0, 0.1) is 0 Å². The number of benzene rings is 1. The molecule has 4 nitrogen and oxygen atoms in total. The molecule has 1 saturated carbocycles. The van der Waals surface area contributed by atoms with Crippen molar-refractivity contribution in [1.29, 1.82) is 0 Å². The van der Waals surface area contributed by atoms with Crippen LogP contribution in [0.25, 0.3) is 5.70 Å². The Balaban J connectivity index is 1.81. The van der Waals surface area contributed by atoms with E-state index in [2.05, 4.69) is 17.2 Å². The number of carbonyl (C=O) groups is 1. The van der Waals surface area contributed by atoms with Gasteiger partial charge in [-0.25, -0.2) is 0 Å². The number of nitrogens with one attached hydrogen (secondary N) is 2. The first-order valence-electron chi connectivity index (χ1n) is 11.8. The summed E-state index contributed by atoms with van der Waals surface area (Å²) in [6.45, 7) is 8.27. The molecule has 1 heterocycles. The molecule has 0 bridgehead atoms. The Morgan fingerprint density at radius 2 is 1.60 bits per heavy atom. The highest BCUT2D eigenvalue weighted by molar-refractivity contribution is 7.46. The number of carbonyl (C=O) groups excluding carboxylic acids is 1. The van der Waals surface area contributed by atoms with Crippen LogP contribution in [0.5, 0.6) is 0 Å². The topological polar surface area (TPSA) is 44.4 Å². The van der Waals surface area contributed by atoms with Crippen molar-refractivity contribution >= 4 is 25.5 Å². The number of piperidine rings is 1. The lowest BCUT2D eigenvalue weighted by Crippen LogP contribution is -2.55. The Bertz CT molecular complexity index is 925. The van der Waals surface area contributed by atoms with Crippen molar-refractivity contribution in [3.63, 3.8) is 0 Å². The second kappa shape index (κ2) is 11.1. The zero-order chi connectivity index (χ0) is 26.0. The van der Waals surface area contributed by atoms with E-state index in [-0.39, 0.29) is 55.2 Å². The molecule has 2 aliphatic rings. The second-order valence-electron chi connectivity index (χ2n) is 9.26. The van der Waals surface area contributed by atoms with Crippen molar-refractivity contribution in [1.82, 2.24) is 15.5 Å². The van der Waals surface area contributed by atoms with Gasteiger partial charge in [0, 0.05) is 49.4 Å². The van der Waals surface area contributed by atoms with E-state index >= 15 is 0 Å². The minimum atomic E-state index is -4.95. The van der Waals surface area contributed by atoms with Gasteiger partial charge in [-0.3, -0.25) is 4.79 Å². The first-order valence-corrected chi connectivity index (χ1v) is 13.3. The predicted molar refractivity (Wildman–Crippen MR) is 127 cm³/mol. The highest BCUT2D eigenvalue weighted by Crippen LogP contribution is 2.39. The van der Waals surface area contributed by atoms with Gasteiger partial charge in [-0.2, -0.15) is 26.3 Å². The first kappa shape index (κ1) is 27.8. The molecule has 2 fully saturated rings. The van der Waals surface area contributed by atoms with Gasteiger partial charge in [0.05, 0.1) is 11.1 Å². The van der Waals surface area contributed by atoms with Crippen molar-refractivity contribution in [3.8, 4) is 0 Å². The summed E-state index contributed by atoms with van der Waals surface area (Å²) < 4.78 is 81.5. The summed E-state index contributed by atoms with van der Waals surface area (Å²) in [5.41, 5.74) is -2.91. The third-order valence-electron chi connectivity index (χ3n) is 6.86. The monoisotopic (exact) mass is 523 g/mol. The van der Waals surface area contributed by atoms with Crippen LogP contribution in [0.3, 0.4) is 0 Å². The van der Waals surface area contributed by atoms with Crippen LogP contribution < -0.4 is 15.9 Å². The summed E-state index contributed by atoms with van der Waals surface area (Å²) in [6, 6.07) is 0.973. The standard InChI is InChI=1S/C24H32F6N3OP/c1-14(22-18(24(28,29)30)12-16(23(25,26)27)13-21(22)35-3)31-19-6-4-5-7-20(19)32-17-8-10-33(11-9-17)15(2)34/h12-13,17,19-20,31-32,35H,1,4-11H2,2-3H3. The molecular weight excluding hydrogens is 491 g/mol. The smallest absolute Gasteiger partial charge is 0.381 e. The van der Waals surface area contributed by atoms with Crippen molar-refractivity contribution < 1.29 is 31.1 Å². The molecule has 3 atom stereocenters. The maximum Gasteiger partial charge on any atom is 0.417 e. The Morgan fingerprint density at radius 3 is 2.11 bits per heavy atom. The first-order chi connectivity index (χ1) is 16.3. The summed E-state index contributed by atoms with van der Waals surface area (Å²) in [7, 11) is -0.271. The molecule has 0 aromatic heterocycles. The summed E-state index contributed by atoms with van der Waals surface area (Å²) in [5, 5.41) is 6.75. The Hall–Kier alpha value is -1.80. The fraction of sp³-hybridized carbons (Fsp3) is 0.625. The van der Waals surface area contributed by atoms with Crippen molar-refractivity contribution in [2.45, 2.75) is 75.9 Å². The summed E-state index contributed by atoms with van der Waals surface area (Å²) in [5.74, 6) is 0.0430. The lowest BCUT2D eigenvalue weighted by molar-refractivity contribution is -0.143. The quantitative estimate of drug-likeness (QED) is 0.402. The van der Waals surface area contributed by atoms with Gasteiger partial charge in [0.1, 0.15) is 0 Å². The fourth-order valence-corrected chi connectivity index (χ4v) is 5.85. The molecule has 1 aromatic rings. The largest absolute Gasteiger partial charge is 0.417 e. The maximum absolute atomic E-state index is 13.9. The zero-order valence-electron chi connectivity index (χ0n) is 19.9. The van der Waals surface area contributed by atoms with Crippen LogP contribution in [0.4, 0.5) is 26.3 Å². The fourth-order valence-electron chi connectivity index (χ4n) is 5.01. The van der Waals surface area contributed by atoms with Gasteiger partial charge in [0.15, 0.2) is 0 Å². The molecule has 1 aromatic carbocycles. The molecule has 2 N–H and O–H groups in total. The highest BCUT2D eigenvalue weighted by Gasteiger charge is 2.40. The normalized spacial score (nSPS) is 22.6. The van der Waals surface area contributed by atoms with Gasteiger partial charge in [-0.1, -0.05) is 28.0 Å². The minimum Gasteiger partial charge on any atom is -0.381 e. The molecule has 0 spiro atoms. The molecule has 1 aliphatic carbocycles. The molecular formula is C24H32F6N3OP. The molecule has 11 heteroatoms. The molecule has 1 aliphatic heterocycles. The van der Waals surface area contributed by atoms with Crippen LogP contribution in [0.15, 0.2) is 18.7 Å². The third kappa shape index (κ3) is 6.91. The van der Waals surface area contributed by atoms with E-state index in [0.29, 0.717) is 19.5 Å². The van der Waals surface area contributed by atoms with Gasteiger partial charge in [-0.15, -0.1) is 0 Å². The van der Waals surface area contributed by atoms with Crippen LogP contribution in [-0.4, -0.2) is 48.7 Å². The molecule has 196 valence electrons. The number of nitrogens with zero attached hydrogens (tertiary/aromatic N) is 1. The molecule has 3 rings (SSSR count). The zero-order valence-corrected chi connectivity index (χ0v) is 20.9. The van der Waals surface area contributed by atoms with E-state index in [4.69, 9.17) is 0 Å². The van der Waals surface area contributed by atoms with Crippen molar-refractivity contribution in [2.24, 2.45) is 0 Å². The van der Waals surface area contributed by atoms with E-state index in [1.165, 1.54) is 0 Å². The van der Waals surface area contributed by atoms with Crippen molar-refractivity contribution in [3.05, 3.63) is 35.4 Å². The van der Waals surface area contributed by atoms with Crippen LogP contribution in [-0.2, 0) is 17.1 Å². The summed E-state index contributed by atoms with van der Waals surface area (Å²) in [6.07, 6.45) is -4.82. The third-order valence-corrected chi connectivity index (χ3v) is 7.79. The van der Waals surface area contributed by atoms with Crippen LogP contribution in [0.2, 0.25) is 0 Å². The van der Waals surface area contributed by atoms with Gasteiger partial charge >= 0.3 is 12.4 Å². The van der Waals surface area contributed by atoms with Gasteiger partial charge < -0.3 is 15.5 Å². The molecule has 3 unspecified atom stereocenters. The number of hydrogen-bond acceptors (Lipinski definition) is 3. The Morgan fingerprint density at radius 1 is 1.00 bits per heavy atom.